The minimum absolute atomic E-state index is 0.103. The third kappa shape index (κ3) is 3.67. The third-order valence-corrected chi connectivity index (χ3v) is 7.01. The summed E-state index contributed by atoms with van der Waals surface area (Å²) in [5.74, 6) is 0.475. The first-order chi connectivity index (χ1) is 14.0. The van der Waals surface area contributed by atoms with Crippen molar-refractivity contribution >= 4 is 26.7 Å². The van der Waals surface area contributed by atoms with Crippen LogP contribution in [0.3, 0.4) is 0 Å². The summed E-state index contributed by atoms with van der Waals surface area (Å²) in [7, 11) is -1.90. The number of piperazine rings is 1. The van der Waals surface area contributed by atoms with Crippen molar-refractivity contribution in [2.24, 2.45) is 0 Å². The van der Waals surface area contributed by atoms with Gasteiger partial charge in [0, 0.05) is 26.2 Å². The van der Waals surface area contributed by atoms with Gasteiger partial charge in [0.25, 0.3) is 0 Å². The van der Waals surface area contributed by atoms with E-state index in [4.69, 9.17) is 4.98 Å². The highest BCUT2D eigenvalue weighted by Crippen LogP contribution is 2.34. The molecule has 1 aromatic heterocycles. The van der Waals surface area contributed by atoms with Crippen LogP contribution in [0.15, 0.2) is 59.5 Å². The van der Waals surface area contributed by atoms with Crippen molar-refractivity contribution in [3.8, 4) is 6.07 Å². The van der Waals surface area contributed by atoms with Gasteiger partial charge in [-0.1, -0.05) is 30.3 Å². The van der Waals surface area contributed by atoms with Crippen LogP contribution in [0, 0.1) is 11.3 Å². The van der Waals surface area contributed by atoms with Crippen LogP contribution in [0.1, 0.15) is 10.9 Å². The van der Waals surface area contributed by atoms with Crippen LogP contribution in [0.5, 0.6) is 0 Å². The van der Waals surface area contributed by atoms with Gasteiger partial charge in [0.2, 0.25) is 9.84 Å². The fraction of sp³-hybridized carbons (Fsp3) is 0.286. The number of anilines is 1. The monoisotopic (exact) mass is 407 g/mol. The number of fused-ring (bicyclic) bond motifs is 1. The molecule has 0 bridgehead atoms. The predicted octanol–water partition coefficient (Wildman–Crippen LogP) is 2.42. The van der Waals surface area contributed by atoms with Crippen LogP contribution in [0.4, 0.5) is 5.82 Å². The zero-order chi connectivity index (χ0) is 20.4. The molecule has 3 aromatic rings. The molecule has 7 nitrogen and oxygen atoms in total. The van der Waals surface area contributed by atoms with E-state index in [1.165, 1.54) is 12.1 Å². The van der Waals surface area contributed by atoms with Crippen molar-refractivity contribution in [2.45, 2.75) is 10.1 Å². The van der Waals surface area contributed by atoms with Crippen LogP contribution in [-0.2, 0) is 9.84 Å². The third-order valence-electron chi connectivity index (χ3n) is 5.13. The molecule has 2 heterocycles. The average molecular weight is 407 g/mol. The first-order valence-corrected chi connectivity index (χ1v) is 10.9. The number of hydrogen-bond donors (Lipinski definition) is 0. The molecule has 0 unspecified atom stereocenters. The molecule has 148 valence electrons. The molecule has 0 N–H and O–H groups in total. The van der Waals surface area contributed by atoms with Gasteiger partial charge in [-0.15, -0.1) is 0 Å². The molecule has 1 aliphatic heterocycles. The molecule has 2 aromatic carbocycles. The molecule has 1 atom stereocenters. The number of nitriles is 1. The number of aromatic nitrogens is 2. The Morgan fingerprint density at radius 2 is 1.52 bits per heavy atom. The fourth-order valence-electron chi connectivity index (χ4n) is 3.45. The summed E-state index contributed by atoms with van der Waals surface area (Å²) in [5.41, 5.74) is 1.45. The molecule has 0 amide bonds. The first-order valence-electron chi connectivity index (χ1n) is 9.39. The highest BCUT2D eigenvalue weighted by molar-refractivity contribution is 7.92. The maximum atomic E-state index is 13.3. The largest absolute Gasteiger partial charge is 0.352 e. The van der Waals surface area contributed by atoms with Crippen LogP contribution in [0.2, 0.25) is 0 Å². The molecule has 4 rings (SSSR count). The second-order valence-corrected chi connectivity index (χ2v) is 9.11. The minimum atomic E-state index is -3.95. The minimum Gasteiger partial charge on any atom is -0.352 e. The maximum absolute atomic E-state index is 13.3. The lowest BCUT2D eigenvalue weighted by Crippen LogP contribution is -2.45. The normalized spacial score (nSPS) is 16.5. The maximum Gasteiger partial charge on any atom is 0.200 e. The lowest BCUT2D eigenvalue weighted by molar-refractivity contribution is 0.312. The Morgan fingerprint density at radius 3 is 2.14 bits per heavy atom. The Bertz CT molecular complexity index is 1170. The van der Waals surface area contributed by atoms with Crippen LogP contribution in [-0.4, -0.2) is 56.5 Å². The molecule has 1 saturated heterocycles. The van der Waals surface area contributed by atoms with E-state index in [2.05, 4.69) is 9.88 Å². The highest BCUT2D eigenvalue weighted by atomic mass is 32.2. The van der Waals surface area contributed by atoms with Gasteiger partial charge in [-0.05, 0) is 31.3 Å². The molecule has 0 aliphatic carbocycles. The number of sulfone groups is 1. The van der Waals surface area contributed by atoms with Crippen LogP contribution < -0.4 is 4.90 Å². The summed E-state index contributed by atoms with van der Waals surface area (Å²) in [4.78, 5) is 13.7. The lowest BCUT2D eigenvalue weighted by atomic mass is 10.2. The number of hydrogen-bond acceptors (Lipinski definition) is 7. The molecular weight excluding hydrogens is 386 g/mol. The second-order valence-electron chi connectivity index (χ2n) is 7.08. The van der Waals surface area contributed by atoms with Gasteiger partial charge >= 0.3 is 0 Å². The number of rotatable bonds is 4. The number of para-hydroxylation sites is 2. The van der Waals surface area contributed by atoms with Crippen molar-refractivity contribution in [1.82, 2.24) is 14.9 Å². The van der Waals surface area contributed by atoms with E-state index in [1.807, 2.05) is 36.2 Å². The number of likely N-dealkylation sites (N-methyl/N-ethyl adjacent to an activating group) is 1. The quantitative estimate of drug-likeness (QED) is 0.656. The van der Waals surface area contributed by atoms with Crippen molar-refractivity contribution < 1.29 is 8.42 Å². The van der Waals surface area contributed by atoms with Gasteiger partial charge in [-0.2, -0.15) is 5.26 Å². The SMILES string of the molecule is CN1CCN(c2nc3ccccc3nc2[C@@H](C#N)S(=O)(=O)c2ccccc2)CC1. The van der Waals surface area contributed by atoms with Gasteiger partial charge < -0.3 is 9.80 Å². The molecule has 1 fully saturated rings. The summed E-state index contributed by atoms with van der Waals surface area (Å²) in [5, 5.41) is 8.46. The van der Waals surface area contributed by atoms with E-state index in [0.717, 1.165) is 13.1 Å². The number of benzene rings is 2. The van der Waals surface area contributed by atoms with E-state index in [9.17, 15) is 13.7 Å². The van der Waals surface area contributed by atoms with Gasteiger partial charge in [0.15, 0.2) is 11.1 Å². The van der Waals surface area contributed by atoms with Crippen LogP contribution in [0.25, 0.3) is 11.0 Å². The summed E-state index contributed by atoms with van der Waals surface area (Å²) in [6.45, 7) is 3.05. The summed E-state index contributed by atoms with van der Waals surface area (Å²) < 4.78 is 26.5. The average Bonchev–Trinajstić information content (AvgIpc) is 2.75. The summed E-state index contributed by atoms with van der Waals surface area (Å²) in [6.07, 6.45) is 0. The van der Waals surface area contributed by atoms with E-state index in [-0.39, 0.29) is 10.6 Å². The van der Waals surface area contributed by atoms with Crippen molar-refractivity contribution in [3.63, 3.8) is 0 Å². The molecule has 0 radical (unpaired) electrons. The Balaban J connectivity index is 1.88. The lowest BCUT2D eigenvalue weighted by Gasteiger charge is -2.34. The Labute approximate surface area is 170 Å². The fourth-order valence-corrected chi connectivity index (χ4v) is 4.85. The first kappa shape index (κ1) is 19.3. The zero-order valence-electron chi connectivity index (χ0n) is 16.1. The van der Waals surface area contributed by atoms with E-state index in [0.29, 0.717) is 29.9 Å². The van der Waals surface area contributed by atoms with Crippen molar-refractivity contribution in [2.75, 3.05) is 38.1 Å². The van der Waals surface area contributed by atoms with Crippen molar-refractivity contribution in [1.29, 1.82) is 5.26 Å². The molecule has 29 heavy (non-hydrogen) atoms. The molecule has 0 saturated carbocycles. The topological polar surface area (TPSA) is 90.2 Å². The van der Waals surface area contributed by atoms with Gasteiger partial charge in [-0.3, -0.25) is 0 Å². The van der Waals surface area contributed by atoms with Gasteiger partial charge in [0.1, 0.15) is 5.69 Å². The second kappa shape index (κ2) is 7.78. The van der Waals surface area contributed by atoms with Gasteiger partial charge in [0.05, 0.1) is 22.0 Å². The molecule has 0 spiro atoms. The summed E-state index contributed by atoms with van der Waals surface area (Å²) >= 11 is 0. The Hall–Kier alpha value is -3.02. The predicted molar refractivity (Wildman–Crippen MR) is 111 cm³/mol. The smallest absolute Gasteiger partial charge is 0.200 e. The summed E-state index contributed by atoms with van der Waals surface area (Å²) in [6, 6.07) is 17.3. The Morgan fingerprint density at radius 1 is 0.931 bits per heavy atom. The molecular formula is C21H21N5O2S. The standard InChI is InChI=1S/C21H21N5O2S/c1-25-11-13-26(14-12-25)21-20(23-17-9-5-6-10-18(17)24-21)19(15-22)29(27,28)16-7-3-2-4-8-16/h2-10,19H,11-14H2,1H3/t19-/m1/s1. The van der Waals surface area contributed by atoms with Crippen LogP contribution >= 0.6 is 0 Å². The van der Waals surface area contributed by atoms with Gasteiger partial charge in [-0.25, -0.2) is 18.4 Å². The highest BCUT2D eigenvalue weighted by Gasteiger charge is 2.35. The Kier molecular flexibility index (Phi) is 5.18. The number of nitrogens with zero attached hydrogens (tertiary/aromatic N) is 5. The van der Waals surface area contributed by atoms with E-state index >= 15 is 0 Å². The zero-order valence-corrected chi connectivity index (χ0v) is 16.9. The van der Waals surface area contributed by atoms with E-state index < -0.39 is 15.1 Å². The van der Waals surface area contributed by atoms with Crippen molar-refractivity contribution in [3.05, 3.63) is 60.3 Å². The molecule has 1 aliphatic rings. The molecule has 8 heteroatoms. The van der Waals surface area contributed by atoms with E-state index in [1.54, 1.807) is 24.3 Å².